The van der Waals surface area contributed by atoms with Crippen molar-refractivity contribution in [2.45, 2.75) is 25.4 Å². The van der Waals surface area contributed by atoms with Crippen LogP contribution in [0.2, 0.25) is 0 Å². The number of nitrogens with zero attached hydrogens (tertiary/aromatic N) is 1. The summed E-state index contributed by atoms with van der Waals surface area (Å²) >= 11 is 0. The Hall–Kier alpha value is -1.53. The summed E-state index contributed by atoms with van der Waals surface area (Å²) in [4.78, 5) is 9.76. The van der Waals surface area contributed by atoms with Crippen molar-refractivity contribution >= 4 is 5.69 Å². The molecule has 0 amide bonds. The van der Waals surface area contributed by atoms with Gasteiger partial charge in [-0.25, -0.2) is 0 Å². The first kappa shape index (κ1) is 12.9. The second-order valence-electron chi connectivity index (χ2n) is 4.31. The van der Waals surface area contributed by atoms with E-state index in [1.165, 1.54) is 12.1 Å². The predicted octanol–water partition coefficient (Wildman–Crippen LogP) is 2.00. The van der Waals surface area contributed by atoms with Crippen molar-refractivity contribution in [2.75, 3.05) is 13.2 Å². The van der Waals surface area contributed by atoms with Crippen LogP contribution in [0.3, 0.4) is 0 Å². The third-order valence-electron chi connectivity index (χ3n) is 3.02. The minimum atomic E-state index is -0.786. The van der Waals surface area contributed by atoms with Crippen LogP contribution in [0.4, 0.5) is 10.1 Å². The van der Waals surface area contributed by atoms with Gasteiger partial charge < -0.3 is 10.1 Å². The first-order chi connectivity index (χ1) is 8.66. The minimum absolute atomic E-state index is 0.372. The van der Waals surface area contributed by atoms with Gasteiger partial charge in [0.25, 0.3) is 0 Å². The van der Waals surface area contributed by atoms with E-state index in [4.69, 9.17) is 4.74 Å². The van der Waals surface area contributed by atoms with Gasteiger partial charge in [0.2, 0.25) is 5.82 Å². The highest BCUT2D eigenvalue weighted by Crippen LogP contribution is 2.18. The molecule has 0 unspecified atom stereocenters. The molecule has 1 aromatic rings. The maximum Gasteiger partial charge on any atom is 0.304 e. The van der Waals surface area contributed by atoms with Crippen LogP contribution in [0.25, 0.3) is 0 Å². The second kappa shape index (κ2) is 5.88. The Balaban J connectivity index is 1.93. The van der Waals surface area contributed by atoms with E-state index >= 15 is 0 Å². The van der Waals surface area contributed by atoms with E-state index in [2.05, 4.69) is 5.32 Å². The molecule has 1 N–H and O–H groups in total. The summed E-state index contributed by atoms with van der Waals surface area (Å²) < 4.78 is 18.6. The van der Waals surface area contributed by atoms with Gasteiger partial charge in [0.1, 0.15) is 0 Å². The summed E-state index contributed by atoms with van der Waals surface area (Å²) in [5, 5.41) is 13.8. The average molecular weight is 254 g/mol. The smallest absolute Gasteiger partial charge is 0.304 e. The van der Waals surface area contributed by atoms with E-state index < -0.39 is 16.4 Å². The lowest BCUT2D eigenvalue weighted by molar-refractivity contribution is -0.387. The molecule has 2 rings (SSSR count). The summed E-state index contributed by atoms with van der Waals surface area (Å²) in [6, 6.07) is 4.37. The van der Waals surface area contributed by atoms with Gasteiger partial charge in [-0.15, -0.1) is 0 Å². The third kappa shape index (κ3) is 3.24. The van der Waals surface area contributed by atoms with E-state index in [9.17, 15) is 14.5 Å². The highest BCUT2D eigenvalue weighted by Gasteiger charge is 2.15. The van der Waals surface area contributed by atoms with Crippen LogP contribution in [-0.4, -0.2) is 24.2 Å². The standard InChI is InChI=1S/C12H15FN2O3/c13-11-7-9(1-2-12(11)15(16)17)8-14-10-3-5-18-6-4-10/h1-2,7,10,14H,3-6,8H2. The Labute approximate surface area is 104 Å². The molecule has 1 aliphatic rings. The van der Waals surface area contributed by atoms with Crippen LogP contribution in [0.1, 0.15) is 18.4 Å². The minimum Gasteiger partial charge on any atom is -0.381 e. The van der Waals surface area contributed by atoms with Gasteiger partial charge in [-0.05, 0) is 24.5 Å². The number of nitro benzene ring substituents is 1. The Kier molecular flexibility index (Phi) is 4.22. The first-order valence-corrected chi connectivity index (χ1v) is 5.91. The van der Waals surface area contributed by atoms with Crippen LogP contribution in [0.15, 0.2) is 18.2 Å². The number of ether oxygens (including phenoxy) is 1. The van der Waals surface area contributed by atoms with E-state index in [1.807, 2.05) is 0 Å². The summed E-state index contributed by atoms with van der Waals surface area (Å²) in [5.41, 5.74) is 0.231. The first-order valence-electron chi connectivity index (χ1n) is 5.91. The Bertz CT molecular complexity index is 433. The lowest BCUT2D eigenvalue weighted by atomic mass is 10.1. The zero-order valence-electron chi connectivity index (χ0n) is 9.89. The maximum atomic E-state index is 13.4. The zero-order chi connectivity index (χ0) is 13.0. The van der Waals surface area contributed by atoms with Gasteiger partial charge in [0, 0.05) is 31.9 Å². The fourth-order valence-electron chi connectivity index (χ4n) is 1.97. The molecule has 1 saturated heterocycles. The average Bonchev–Trinajstić information content (AvgIpc) is 2.37. The van der Waals surface area contributed by atoms with Gasteiger partial charge in [-0.2, -0.15) is 4.39 Å². The van der Waals surface area contributed by atoms with Crippen molar-refractivity contribution in [1.82, 2.24) is 5.32 Å². The molecule has 1 fully saturated rings. The van der Waals surface area contributed by atoms with Crippen molar-refractivity contribution in [3.8, 4) is 0 Å². The number of nitrogens with one attached hydrogen (secondary N) is 1. The molecule has 1 aromatic carbocycles. The molecule has 18 heavy (non-hydrogen) atoms. The molecule has 0 aliphatic carbocycles. The van der Waals surface area contributed by atoms with Crippen LogP contribution in [-0.2, 0) is 11.3 Å². The van der Waals surface area contributed by atoms with E-state index in [0.29, 0.717) is 18.2 Å². The molecule has 0 bridgehead atoms. The fourth-order valence-corrected chi connectivity index (χ4v) is 1.97. The summed E-state index contributed by atoms with van der Waals surface area (Å²) in [5.74, 6) is -0.786. The molecular formula is C12H15FN2O3. The number of halogens is 1. The molecule has 98 valence electrons. The molecule has 0 spiro atoms. The number of hydrogen-bond acceptors (Lipinski definition) is 4. The molecule has 0 aromatic heterocycles. The van der Waals surface area contributed by atoms with Crippen LogP contribution < -0.4 is 5.32 Å². The molecule has 6 heteroatoms. The summed E-state index contributed by atoms with van der Waals surface area (Å²) in [6.45, 7) is 2.00. The van der Waals surface area contributed by atoms with Crippen molar-refractivity contribution in [1.29, 1.82) is 0 Å². The fraction of sp³-hybridized carbons (Fsp3) is 0.500. The normalized spacial score (nSPS) is 16.7. The SMILES string of the molecule is O=[N+]([O-])c1ccc(CNC2CCOCC2)cc1F. The Morgan fingerprint density at radius 1 is 1.44 bits per heavy atom. The van der Waals surface area contributed by atoms with Crippen LogP contribution in [0.5, 0.6) is 0 Å². The van der Waals surface area contributed by atoms with Crippen molar-refractivity contribution in [3.05, 3.63) is 39.7 Å². The maximum absolute atomic E-state index is 13.4. The Morgan fingerprint density at radius 3 is 2.78 bits per heavy atom. The lowest BCUT2D eigenvalue weighted by Gasteiger charge is -2.23. The van der Waals surface area contributed by atoms with E-state index in [0.717, 1.165) is 26.1 Å². The molecule has 1 aliphatic heterocycles. The number of rotatable bonds is 4. The van der Waals surface area contributed by atoms with Gasteiger partial charge in [0.15, 0.2) is 0 Å². The highest BCUT2D eigenvalue weighted by molar-refractivity contribution is 5.34. The molecular weight excluding hydrogens is 239 g/mol. The van der Waals surface area contributed by atoms with Gasteiger partial charge in [-0.3, -0.25) is 10.1 Å². The second-order valence-corrected chi connectivity index (χ2v) is 4.31. The summed E-state index contributed by atoms with van der Waals surface area (Å²) in [7, 11) is 0. The molecule has 0 saturated carbocycles. The Morgan fingerprint density at radius 2 is 2.17 bits per heavy atom. The van der Waals surface area contributed by atoms with Gasteiger partial charge in [-0.1, -0.05) is 6.07 Å². The van der Waals surface area contributed by atoms with Crippen molar-refractivity contribution < 1.29 is 14.1 Å². The van der Waals surface area contributed by atoms with Crippen molar-refractivity contribution in [3.63, 3.8) is 0 Å². The molecule has 0 atom stereocenters. The molecule has 1 heterocycles. The topological polar surface area (TPSA) is 64.4 Å². The molecule has 5 nitrogen and oxygen atoms in total. The molecule has 0 radical (unpaired) electrons. The van der Waals surface area contributed by atoms with Crippen LogP contribution in [0, 0.1) is 15.9 Å². The highest BCUT2D eigenvalue weighted by atomic mass is 19.1. The number of hydrogen-bond donors (Lipinski definition) is 1. The number of nitro groups is 1. The largest absolute Gasteiger partial charge is 0.381 e. The van der Waals surface area contributed by atoms with Crippen molar-refractivity contribution in [2.24, 2.45) is 0 Å². The zero-order valence-corrected chi connectivity index (χ0v) is 9.89. The van der Waals surface area contributed by atoms with E-state index in [1.54, 1.807) is 6.07 Å². The third-order valence-corrected chi connectivity index (χ3v) is 3.02. The summed E-state index contributed by atoms with van der Waals surface area (Å²) in [6.07, 6.45) is 1.88. The number of benzene rings is 1. The van der Waals surface area contributed by atoms with Gasteiger partial charge >= 0.3 is 5.69 Å². The van der Waals surface area contributed by atoms with E-state index in [-0.39, 0.29) is 0 Å². The quantitative estimate of drug-likeness (QED) is 0.659. The van der Waals surface area contributed by atoms with Gasteiger partial charge in [0.05, 0.1) is 4.92 Å². The predicted molar refractivity (Wildman–Crippen MR) is 63.7 cm³/mol. The van der Waals surface area contributed by atoms with Crippen LogP contribution >= 0.6 is 0 Å². The monoisotopic (exact) mass is 254 g/mol. The lowest BCUT2D eigenvalue weighted by Crippen LogP contribution is -2.34.